The van der Waals surface area contributed by atoms with E-state index in [-0.39, 0.29) is 0 Å². The Kier molecular flexibility index (Phi) is 8.77. The zero-order chi connectivity index (χ0) is 20.7. The van der Waals surface area contributed by atoms with E-state index in [2.05, 4.69) is 4.90 Å². The maximum absolute atomic E-state index is 13.2. The van der Waals surface area contributed by atoms with E-state index in [9.17, 15) is 8.42 Å². The molecule has 2 heterocycles. The molecule has 0 aromatic heterocycles. The predicted molar refractivity (Wildman–Crippen MR) is 115 cm³/mol. The third-order valence-electron chi connectivity index (χ3n) is 7.45. The van der Waals surface area contributed by atoms with Crippen LogP contribution in [0.5, 0.6) is 0 Å². The van der Waals surface area contributed by atoms with E-state index < -0.39 is 10.2 Å². The molecule has 0 atom stereocenters. The second-order valence-electron chi connectivity index (χ2n) is 9.12. The predicted octanol–water partition coefficient (Wildman–Crippen LogP) is 2.34. The van der Waals surface area contributed by atoms with E-state index in [1.165, 1.54) is 32.1 Å². The van der Waals surface area contributed by atoms with Gasteiger partial charge in [0.15, 0.2) is 0 Å². The molecule has 2 saturated heterocycles. The van der Waals surface area contributed by atoms with Gasteiger partial charge in [0.2, 0.25) is 0 Å². The van der Waals surface area contributed by atoms with Crippen molar-refractivity contribution in [1.82, 2.24) is 13.5 Å². The fourth-order valence-corrected chi connectivity index (χ4v) is 7.13. The van der Waals surface area contributed by atoms with Crippen LogP contribution in [0.1, 0.15) is 57.8 Å². The highest BCUT2D eigenvalue weighted by molar-refractivity contribution is 7.86. The van der Waals surface area contributed by atoms with Gasteiger partial charge in [-0.25, -0.2) is 0 Å². The third kappa shape index (κ3) is 5.92. The highest BCUT2D eigenvalue weighted by atomic mass is 32.2. The molecule has 29 heavy (non-hydrogen) atoms. The SMILES string of the molecule is COCCN(CCOC)C1CCN(S(=O)(=O)N2CCC3(CCCCC3)CC2)CC1. The maximum atomic E-state index is 13.2. The van der Waals surface area contributed by atoms with Gasteiger partial charge in [0.25, 0.3) is 10.2 Å². The molecule has 3 aliphatic rings. The summed E-state index contributed by atoms with van der Waals surface area (Å²) in [6.45, 7) is 5.76. The summed E-state index contributed by atoms with van der Waals surface area (Å²) >= 11 is 0. The summed E-state index contributed by atoms with van der Waals surface area (Å²) in [6.07, 6.45) is 10.4. The summed E-state index contributed by atoms with van der Waals surface area (Å²) in [5.41, 5.74) is 0.431. The van der Waals surface area contributed by atoms with Crippen molar-refractivity contribution in [2.75, 3.05) is 66.7 Å². The Balaban J connectivity index is 1.51. The topological polar surface area (TPSA) is 62.3 Å². The number of hydrogen-bond acceptors (Lipinski definition) is 5. The molecule has 0 aromatic carbocycles. The molecule has 0 unspecified atom stereocenters. The van der Waals surface area contributed by atoms with Gasteiger partial charge >= 0.3 is 0 Å². The smallest absolute Gasteiger partial charge is 0.281 e. The number of methoxy groups -OCH3 is 2. The third-order valence-corrected chi connectivity index (χ3v) is 9.49. The standard InChI is InChI=1S/C21H41N3O4S/c1-27-18-16-22(17-19-28-2)20-6-12-23(13-7-20)29(25,26)24-14-10-21(11-15-24)8-4-3-5-9-21/h20H,3-19H2,1-2H3. The van der Waals surface area contributed by atoms with Crippen LogP contribution >= 0.6 is 0 Å². The van der Waals surface area contributed by atoms with E-state index in [1.54, 1.807) is 22.8 Å². The van der Waals surface area contributed by atoms with Crippen molar-refractivity contribution in [2.24, 2.45) is 5.41 Å². The molecular formula is C21H41N3O4S. The average molecular weight is 432 g/mol. The van der Waals surface area contributed by atoms with Crippen molar-refractivity contribution in [3.05, 3.63) is 0 Å². The zero-order valence-corrected chi connectivity index (χ0v) is 19.3. The number of piperidine rings is 2. The van der Waals surface area contributed by atoms with Gasteiger partial charge in [0.1, 0.15) is 0 Å². The number of nitrogens with zero attached hydrogens (tertiary/aromatic N) is 3. The van der Waals surface area contributed by atoms with Crippen molar-refractivity contribution in [1.29, 1.82) is 0 Å². The van der Waals surface area contributed by atoms with Gasteiger partial charge in [-0.05, 0) is 43.9 Å². The van der Waals surface area contributed by atoms with Crippen molar-refractivity contribution in [2.45, 2.75) is 63.8 Å². The molecule has 0 bridgehead atoms. The first kappa shape index (κ1) is 23.4. The molecule has 0 aromatic rings. The van der Waals surface area contributed by atoms with Crippen LogP contribution in [0.25, 0.3) is 0 Å². The minimum atomic E-state index is -3.32. The van der Waals surface area contributed by atoms with Gasteiger partial charge < -0.3 is 9.47 Å². The van der Waals surface area contributed by atoms with E-state index in [1.807, 2.05) is 0 Å². The maximum Gasteiger partial charge on any atom is 0.281 e. The minimum Gasteiger partial charge on any atom is -0.383 e. The lowest BCUT2D eigenvalue weighted by atomic mass is 9.68. The van der Waals surface area contributed by atoms with E-state index in [4.69, 9.17) is 9.47 Å². The molecule has 2 aliphatic heterocycles. The molecule has 0 radical (unpaired) electrons. The van der Waals surface area contributed by atoms with Gasteiger partial charge in [-0.1, -0.05) is 19.3 Å². The van der Waals surface area contributed by atoms with Crippen LogP contribution in [0, 0.1) is 5.41 Å². The van der Waals surface area contributed by atoms with Crippen LogP contribution in [0.2, 0.25) is 0 Å². The molecule has 1 saturated carbocycles. The Hall–Kier alpha value is -0.250. The molecule has 0 N–H and O–H groups in total. The largest absolute Gasteiger partial charge is 0.383 e. The quantitative estimate of drug-likeness (QED) is 0.561. The van der Waals surface area contributed by atoms with Crippen molar-refractivity contribution in [3.63, 3.8) is 0 Å². The van der Waals surface area contributed by atoms with Gasteiger partial charge in [0, 0.05) is 59.5 Å². The molecule has 7 nitrogen and oxygen atoms in total. The second-order valence-corrected chi connectivity index (χ2v) is 11.0. The van der Waals surface area contributed by atoms with Crippen LogP contribution in [0.3, 0.4) is 0 Å². The Morgan fingerprint density at radius 2 is 1.34 bits per heavy atom. The van der Waals surface area contributed by atoms with Crippen LogP contribution in [-0.4, -0.2) is 94.7 Å². The Labute approximate surface area is 177 Å². The number of hydrogen-bond donors (Lipinski definition) is 0. The van der Waals surface area contributed by atoms with Gasteiger partial charge in [-0.2, -0.15) is 17.0 Å². The Bertz CT molecular complexity index is 569. The van der Waals surface area contributed by atoms with Crippen LogP contribution in [0.4, 0.5) is 0 Å². The molecule has 3 rings (SSSR count). The van der Waals surface area contributed by atoms with Gasteiger partial charge in [0.05, 0.1) is 13.2 Å². The molecule has 1 spiro atoms. The summed E-state index contributed by atoms with van der Waals surface area (Å²) in [5.74, 6) is 0. The van der Waals surface area contributed by atoms with Crippen LogP contribution < -0.4 is 0 Å². The first-order chi connectivity index (χ1) is 14.0. The molecule has 1 aliphatic carbocycles. The van der Waals surface area contributed by atoms with E-state index in [0.717, 1.165) is 38.8 Å². The Morgan fingerprint density at radius 1 is 0.828 bits per heavy atom. The summed E-state index contributed by atoms with van der Waals surface area (Å²) in [7, 11) is 0.119. The van der Waals surface area contributed by atoms with Gasteiger partial charge in [-0.3, -0.25) is 4.90 Å². The number of rotatable bonds is 9. The van der Waals surface area contributed by atoms with Crippen LogP contribution in [-0.2, 0) is 19.7 Å². The second kappa shape index (κ2) is 10.9. The van der Waals surface area contributed by atoms with Gasteiger partial charge in [-0.15, -0.1) is 0 Å². The number of ether oxygens (including phenoxy) is 2. The van der Waals surface area contributed by atoms with Crippen molar-refractivity contribution < 1.29 is 17.9 Å². The van der Waals surface area contributed by atoms with Crippen LogP contribution in [0.15, 0.2) is 0 Å². The summed E-state index contributed by atoms with van der Waals surface area (Å²) in [4.78, 5) is 2.39. The molecule has 8 heteroatoms. The normalized spacial score (nSPS) is 25.1. The average Bonchev–Trinajstić information content (AvgIpc) is 2.75. The molecule has 0 amide bonds. The van der Waals surface area contributed by atoms with E-state index in [0.29, 0.717) is 50.8 Å². The highest BCUT2D eigenvalue weighted by Gasteiger charge is 2.41. The summed E-state index contributed by atoms with van der Waals surface area (Å²) in [6, 6.07) is 0.401. The lowest BCUT2D eigenvalue weighted by Crippen LogP contribution is -2.54. The fourth-order valence-electron chi connectivity index (χ4n) is 5.49. The first-order valence-electron chi connectivity index (χ1n) is 11.5. The highest BCUT2D eigenvalue weighted by Crippen LogP contribution is 2.45. The lowest BCUT2D eigenvalue weighted by molar-refractivity contribution is 0.0663. The summed E-state index contributed by atoms with van der Waals surface area (Å²) in [5, 5.41) is 0. The fraction of sp³-hybridized carbons (Fsp3) is 1.00. The van der Waals surface area contributed by atoms with Crippen molar-refractivity contribution >= 4 is 10.2 Å². The summed E-state index contributed by atoms with van der Waals surface area (Å²) < 4.78 is 40.5. The molecule has 170 valence electrons. The molecular weight excluding hydrogens is 390 g/mol. The minimum absolute atomic E-state index is 0.401. The zero-order valence-electron chi connectivity index (χ0n) is 18.5. The Morgan fingerprint density at radius 3 is 1.86 bits per heavy atom. The van der Waals surface area contributed by atoms with E-state index >= 15 is 0 Å². The monoisotopic (exact) mass is 431 g/mol. The molecule has 3 fully saturated rings. The first-order valence-corrected chi connectivity index (χ1v) is 12.9. The lowest BCUT2D eigenvalue weighted by Gasteiger charge is -2.45. The van der Waals surface area contributed by atoms with Crippen molar-refractivity contribution in [3.8, 4) is 0 Å².